The molecule has 0 saturated carbocycles. The summed E-state index contributed by atoms with van der Waals surface area (Å²) in [5.41, 5.74) is 0.222. The fourth-order valence-corrected chi connectivity index (χ4v) is 4.02. The molecular weight excluding hydrogens is 337 g/mol. The number of aromatic nitrogens is 1. The number of halogens is 2. The van der Waals surface area contributed by atoms with Crippen molar-refractivity contribution < 1.29 is 0 Å². The Bertz CT molecular complexity index is 264. The van der Waals surface area contributed by atoms with Gasteiger partial charge in [0.2, 0.25) is 0 Å². The normalized spacial score (nSPS) is 12.1. The Hall–Kier alpha value is 0.840. The van der Waals surface area contributed by atoms with Gasteiger partial charge in [-0.2, -0.15) is 0 Å². The van der Waals surface area contributed by atoms with E-state index < -0.39 is 0 Å². The Kier molecular flexibility index (Phi) is 2.98. The molecule has 11 heavy (non-hydrogen) atoms. The van der Waals surface area contributed by atoms with Gasteiger partial charge in [-0.05, 0) is 43.9 Å². The highest BCUT2D eigenvalue weighted by atomic mass is 127. The third-order valence-corrected chi connectivity index (χ3v) is 4.32. The summed E-state index contributed by atoms with van der Waals surface area (Å²) in [5, 5.41) is 0. The molecule has 4 heteroatoms. The van der Waals surface area contributed by atoms with E-state index in [0.29, 0.717) is 0 Å². The van der Waals surface area contributed by atoms with Gasteiger partial charge >= 0.3 is 0 Å². The van der Waals surface area contributed by atoms with Crippen molar-refractivity contribution in [3.8, 4) is 0 Å². The van der Waals surface area contributed by atoms with Crippen LogP contribution in [0.3, 0.4) is 0 Å². The highest BCUT2D eigenvalue weighted by molar-refractivity contribution is 14.1. The summed E-state index contributed by atoms with van der Waals surface area (Å²) in [6.45, 7) is 6.61. The highest BCUT2D eigenvalue weighted by Crippen LogP contribution is 2.34. The number of nitrogens with zero attached hydrogens (tertiary/aromatic N) is 1. The molecule has 0 aliphatic heterocycles. The second-order valence-corrected chi connectivity index (χ2v) is 6.63. The molecule has 0 aliphatic rings. The van der Waals surface area contributed by atoms with Crippen molar-refractivity contribution in [1.82, 2.24) is 4.98 Å². The van der Waals surface area contributed by atoms with Crippen molar-refractivity contribution in [2.75, 3.05) is 0 Å². The van der Waals surface area contributed by atoms with E-state index in [-0.39, 0.29) is 5.41 Å². The van der Waals surface area contributed by atoms with Crippen LogP contribution in [0.2, 0.25) is 0 Å². The molecule has 0 aromatic carbocycles. The molecule has 1 aromatic rings. The Balaban J connectivity index is 3.13. The molecule has 0 fully saturated rings. The summed E-state index contributed by atoms with van der Waals surface area (Å²) in [5.74, 6) is 0. The first-order chi connectivity index (χ1) is 4.91. The molecule has 62 valence electrons. The molecule has 1 heterocycles. The molecule has 1 aromatic heterocycles. The van der Waals surface area contributed by atoms with Crippen LogP contribution in [0.5, 0.6) is 0 Å². The maximum absolute atomic E-state index is 4.30. The van der Waals surface area contributed by atoms with Gasteiger partial charge in [0.25, 0.3) is 0 Å². The van der Waals surface area contributed by atoms with Crippen LogP contribution in [0, 0.1) is 3.70 Å². The zero-order valence-corrected chi connectivity index (χ0v) is 11.2. The summed E-state index contributed by atoms with van der Waals surface area (Å²) >= 11 is 7.37. The zero-order chi connectivity index (χ0) is 8.65. The molecule has 0 amide bonds. The van der Waals surface area contributed by atoms with Gasteiger partial charge in [0.1, 0.15) is 3.70 Å². The average Bonchev–Trinajstić information content (AvgIpc) is 2.08. The van der Waals surface area contributed by atoms with Crippen LogP contribution in [0.4, 0.5) is 0 Å². The summed E-state index contributed by atoms with van der Waals surface area (Å²) in [6.07, 6.45) is 0. The summed E-state index contributed by atoms with van der Waals surface area (Å²) in [6, 6.07) is 0. The van der Waals surface area contributed by atoms with Gasteiger partial charge in [-0.15, -0.1) is 11.3 Å². The lowest BCUT2D eigenvalue weighted by atomic mass is 9.96. The van der Waals surface area contributed by atoms with Crippen LogP contribution in [0.25, 0.3) is 0 Å². The number of rotatable bonds is 0. The van der Waals surface area contributed by atoms with Gasteiger partial charge in [0.15, 0.2) is 3.92 Å². The Morgan fingerprint density at radius 2 is 2.00 bits per heavy atom. The standard InChI is InChI=1S/C7H9BrINS/c1-7(2,3)4-5(9)10-6(8)11-4/h1-3H3. The minimum absolute atomic E-state index is 0.222. The lowest BCUT2D eigenvalue weighted by Gasteiger charge is -2.15. The van der Waals surface area contributed by atoms with Crippen molar-refractivity contribution in [2.24, 2.45) is 0 Å². The van der Waals surface area contributed by atoms with Crippen molar-refractivity contribution in [2.45, 2.75) is 26.2 Å². The topological polar surface area (TPSA) is 12.9 Å². The predicted molar refractivity (Wildman–Crippen MR) is 61.2 cm³/mol. The first-order valence-corrected chi connectivity index (χ1v) is 5.92. The molecule has 0 saturated heterocycles. The van der Waals surface area contributed by atoms with Crippen LogP contribution >= 0.6 is 49.9 Å². The third-order valence-electron chi connectivity index (χ3n) is 1.24. The average molecular weight is 346 g/mol. The van der Waals surface area contributed by atoms with E-state index in [4.69, 9.17) is 0 Å². The molecule has 0 aliphatic carbocycles. The number of hydrogen-bond acceptors (Lipinski definition) is 2. The summed E-state index contributed by atoms with van der Waals surface area (Å²) < 4.78 is 2.10. The van der Waals surface area contributed by atoms with Crippen LogP contribution in [0.1, 0.15) is 25.6 Å². The fraction of sp³-hybridized carbons (Fsp3) is 0.571. The molecular formula is C7H9BrINS. The molecule has 0 spiro atoms. The number of thiazole rings is 1. The lowest BCUT2D eigenvalue weighted by Crippen LogP contribution is -2.10. The molecule has 0 N–H and O–H groups in total. The first kappa shape index (κ1) is 9.92. The van der Waals surface area contributed by atoms with Crippen LogP contribution in [-0.2, 0) is 5.41 Å². The maximum atomic E-state index is 4.30. The fourth-order valence-electron chi connectivity index (χ4n) is 0.740. The molecule has 1 nitrogen and oxygen atoms in total. The van der Waals surface area contributed by atoms with Gasteiger partial charge in [-0.3, -0.25) is 0 Å². The van der Waals surface area contributed by atoms with E-state index in [0.717, 1.165) is 7.62 Å². The Labute approximate surface area is 92.9 Å². The molecule has 1 rings (SSSR count). The molecule has 0 unspecified atom stereocenters. The minimum atomic E-state index is 0.222. The van der Waals surface area contributed by atoms with Gasteiger partial charge in [0.05, 0.1) is 0 Å². The number of hydrogen-bond donors (Lipinski definition) is 0. The minimum Gasteiger partial charge on any atom is -0.223 e. The monoisotopic (exact) mass is 345 g/mol. The predicted octanol–water partition coefficient (Wildman–Crippen LogP) is 3.81. The van der Waals surface area contributed by atoms with Crippen LogP contribution in [-0.4, -0.2) is 4.98 Å². The molecule has 0 bridgehead atoms. The van der Waals surface area contributed by atoms with Gasteiger partial charge in [-0.1, -0.05) is 20.8 Å². The lowest BCUT2D eigenvalue weighted by molar-refractivity contribution is 0.599. The van der Waals surface area contributed by atoms with Gasteiger partial charge < -0.3 is 0 Å². The van der Waals surface area contributed by atoms with Gasteiger partial charge in [-0.25, -0.2) is 4.98 Å². The van der Waals surface area contributed by atoms with E-state index in [1.165, 1.54) is 4.88 Å². The summed E-state index contributed by atoms with van der Waals surface area (Å²) in [7, 11) is 0. The second kappa shape index (κ2) is 3.30. The van der Waals surface area contributed by atoms with Crippen molar-refractivity contribution >= 4 is 49.9 Å². The van der Waals surface area contributed by atoms with E-state index in [2.05, 4.69) is 64.3 Å². The van der Waals surface area contributed by atoms with Crippen LogP contribution in [0.15, 0.2) is 3.92 Å². The van der Waals surface area contributed by atoms with Crippen LogP contribution < -0.4 is 0 Å². The van der Waals surface area contributed by atoms with Crippen molar-refractivity contribution in [3.05, 3.63) is 12.5 Å². The Morgan fingerprint density at radius 1 is 1.45 bits per heavy atom. The summed E-state index contributed by atoms with van der Waals surface area (Å²) in [4.78, 5) is 5.65. The molecule has 0 radical (unpaired) electrons. The largest absolute Gasteiger partial charge is 0.223 e. The third kappa shape index (κ3) is 2.39. The molecule has 0 atom stereocenters. The Morgan fingerprint density at radius 3 is 2.18 bits per heavy atom. The van der Waals surface area contributed by atoms with E-state index in [1.54, 1.807) is 11.3 Å². The first-order valence-electron chi connectivity index (χ1n) is 3.23. The van der Waals surface area contributed by atoms with E-state index in [9.17, 15) is 0 Å². The quantitative estimate of drug-likeness (QED) is 0.651. The van der Waals surface area contributed by atoms with Crippen molar-refractivity contribution in [1.29, 1.82) is 0 Å². The highest BCUT2D eigenvalue weighted by Gasteiger charge is 2.20. The van der Waals surface area contributed by atoms with E-state index >= 15 is 0 Å². The zero-order valence-electron chi connectivity index (χ0n) is 6.61. The van der Waals surface area contributed by atoms with Gasteiger partial charge in [0, 0.05) is 4.88 Å². The van der Waals surface area contributed by atoms with E-state index in [1.807, 2.05) is 0 Å². The smallest absolute Gasteiger partial charge is 0.160 e. The maximum Gasteiger partial charge on any atom is 0.160 e. The SMILES string of the molecule is CC(C)(C)c1sc(Br)nc1I. The van der Waals surface area contributed by atoms with Crippen molar-refractivity contribution in [3.63, 3.8) is 0 Å². The second-order valence-electron chi connectivity index (χ2n) is 3.34.